The van der Waals surface area contributed by atoms with E-state index < -0.39 is 0 Å². The van der Waals surface area contributed by atoms with Gasteiger partial charge < -0.3 is 15.8 Å². The molecule has 0 bridgehead atoms. The number of nitrogens with one attached hydrogen (secondary N) is 1. The zero-order chi connectivity index (χ0) is 13.7. The Kier molecular flexibility index (Phi) is 4.80. The van der Waals surface area contributed by atoms with Crippen LogP contribution in [0.1, 0.15) is 30.9 Å². The molecule has 0 aromatic heterocycles. The molecule has 3 N–H and O–H groups in total. The number of hydrogen-bond acceptors (Lipinski definition) is 3. The first-order valence-corrected chi connectivity index (χ1v) is 6.90. The molecule has 1 amide bonds. The Morgan fingerprint density at radius 2 is 2.37 bits per heavy atom. The molecule has 0 aliphatic carbocycles. The SMILES string of the molecule is CC(CN)CC(=O)NCc1ccc2c(c1)CCCO2. The molecular weight excluding hydrogens is 240 g/mol. The van der Waals surface area contributed by atoms with Crippen LogP contribution in [-0.2, 0) is 17.8 Å². The van der Waals surface area contributed by atoms with Crippen LogP contribution >= 0.6 is 0 Å². The van der Waals surface area contributed by atoms with Crippen molar-refractivity contribution in [1.82, 2.24) is 5.32 Å². The second-order valence-electron chi connectivity index (χ2n) is 5.22. The third kappa shape index (κ3) is 3.96. The Bertz CT molecular complexity index is 446. The predicted octanol–water partition coefficient (Wildman–Crippen LogP) is 1.61. The van der Waals surface area contributed by atoms with E-state index in [2.05, 4.69) is 11.4 Å². The highest BCUT2D eigenvalue weighted by atomic mass is 16.5. The Hall–Kier alpha value is -1.55. The van der Waals surface area contributed by atoms with Crippen LogP contribution in [0, 0.1) is 5.92 Å². The topological polar surface area (TPSA) is 64.4 Å². The summed E-state index contributed by atoms with van der Waals surface area (Å²) in [6, 6.07) is 6.14. The first-order valence-electron chi connectivity index (χ1n) is 6.90. The number of rotatable bonds is 5. The van der Waals surface area contributed by atoms with Crippen molar-refractivity contribution < 1.29 is 9.53 Å². The number of fused-ring (bicyclic) bond motifs is 1. The molecule has 1 aliphatic rings. The lowest BCUT2D eigenvalue weighted by Crippen LogP contribution is -2.26. The van der Waals surface area contributed by atoms with Crippen molar-refractivity contribution in [2.75, 3.05) is 13.2 Å². The molecule has 0 spiro atoms. The van der Waals surface area contributed by atoms with Gasteiger partial charge in [-0.1, -0.05) is 19.1 Å². The van der Waals surface area contributed by atoms with E-state index in [0.717, 1.165) is 30.8 Å². The lowest BCUT2D eigenvalue weighted by atomic mass is 10.0. The van der Waals surface area contributed by atoms with Gasteiger partial charge >= 0.3 is 0 Å². The first-order chi connectivity index (χ1) is 9.19. The van der Waals surface area contributed by atoms with Crippen LogP contribution in [-0.4, -0.2) is 19.1 Å². The third-order valence-electron chi connectivity index (χ3n) is 3.40. The fourth-order valence-electron chi connectivity index (χ4n) is 2.20. The summed E-state index contributed by atoms with van der Waals surface area (Å²) in [5, 5.41) is 2.94. The lowest BCUT2D eigenvalue weighted by molar-refractivity contribution is -0.122. The van der Waals surface area contributed by atoms with Crippen LogP contribution < -0.4 is 15.8 Å². The van der Waals surface area contributed by atoms with Crippen LogP contribution in [0.5, 0.6) is 5.75 Å². The van der Waals surface area contributed by atoms with Crippen LogP contribution in [0.25, 0.3) is 0 Å². The molecule has 1 unspecified atom stereocenters. The highest BCUT2D eigenvalue weighted by Crippen LogP contribution is 2.25. The van der Waals surface area contributed by atoms with E-state index in [1.54, 1.807) is 0 Å². The highest BCUT2D eigenvalue weighted by molar-refractivity contribution is 5.76. The molecule has 19 heavy (non-hydrogen) atoms. The number of nitrogens with two attached hydrogens (primary N) is 1. The number of amides is 1. The van der Waals surface area contributed by atoms with Gasteiger partial charge in [0.25, 0.3) is 0 Å². The van der Waals surface area contributed by atoms with Crippen molar-refractivity contribution in [3.05, 3.63) is 29.3 Å². The van der Waals surface area contributed by atoms with Crippen LogP contribution in [0.2, 0.25) is 0 Å². The normalized spacial score (nSPS) is 15.3. The summed E-state index contributed by atoms with van der Waals surface area (Å²) in [7, 11) is 0. The molecule has 1 aromatic carbocycles. The number of aryl methyl sites for hydroxylation is 1. The van der Waals surface area contributed by atoms with E-state index in [0.29, 0.717) is 19.5 Å². The van der Waals surface area contributed by atoms with Gasteiger partial charge in [-0.15, -0.1) is 0 Å². The van der Waals surface area contributed by atoms with Crippen molar-refractivity contribution in [2.24, 2.45) is 11.7 Å². The molecule has 0 radical (unpaired) electrons. The van der Waals surface area contributed by atoms with Gasteiger partial charge in [-0.3, -0.25) is 4.79 Å². The van der Waals surface area contributed by atoms with E-state index in [1.807, 2.05) is 19.1 Å². The zero-order valence-corrected chi connectivity index (χ0v) is 11.4. The average Bonchev–Trinajstić information content (AvgIpc) is 2.44. The lowest BCUT2D eigenvalue weighted by Gasteiger charge is -2.18. The maximum Gasteiger partial charge on any atom is 0.220 e. The molecule has 0 fully saturated rings. The number of carbonyl (C=O) groups excluding carboxylic acids is 1. The summed E-state index contributed by atoms with van der Waals surface area (Å²) in [6.07, 6.45) is 2.61. The summed E-state index contributed by atoms with van der Waals surface area (Å²) in [5.74, 6) is 1.28. The van der Waals surface area contributed by atoms with Crippen molar-refractivity contribution >= 4 is 5.91 Å². The Morgan fingerprint density at radius 3 is 3.16 bits per heavy atom. The minimum absolute atomic E-state index is 0.0620. The first kappa shape index (κ1) is 13.9. The minimum atomic E-state index is 0.0620. The molecule has 0 saturated heterocycles. The molecule has 1 heterocycles. The average molecular weight is 262 g/mol. The molecule has 1 atom stereocenters. The second-order valence-corrected chi connectivity index (χ2v) is 5.22. The van der Waals surface area contributed by atoms with Crippen LogP contribution in [0.15, 0.2) is 18.2 Å². The van der Waals surface area contributed by atoms with Gasteiger partial charge in [0.2, 0.25) is 5.91 Å². The molecule has 104 valence electrons. The monoisotopic (exact) mass is 262 g/mol. The number of benzene rings is 1. The summed E-state index contributed by atoms with van der Waals surface area (Å²) >= 11 is 0. The van der Waals surface area contributed by atoms with E-state index >= 15 is 0 Å². The molecule has 0 saturated carbocycles. The van der Waals surface area contributed by atoms with Gasteiger partial charge in [0.15, 0.2) is 0 Å². The summed E-state index contributed by atoms with van der Waals surface area (Å²) < 4.78 is 5.57. The largest absolute Gasteiger partial charge is 0.493 e. The third-order valence-corrected chi connectivity index (χ3v) is 3.40. The Balaban J connectivity index is 1.87. The molecule has 4 heteroatoms. The van der Waals surface area contributed by atoms with Crippen LogP contribution in [0.3, 0.4) is 0 Å². The van der Waals surface area contributed by atoms with Crippen molar-refractivity contribution in [2.45, 2.75) is 32.7 Å². The van der Waals surface area contributed by atoms with Crippen molar-refractivity contribution in [3.63, 3.8) is 0 Å². The van der Waals surface area contributed by atoms with Gasteiger partial charge in [0.05, 0.1) is 6.61 Å². The zero-order valence-electron chi connectivity index (χ0n) is 11.4. The number of hydrogen-bond donors (Lipinski definition) is 2. The molecule has 2 rings (SSSR count). The predicted molar refractivity (Wildman–Crippen MR) is 74.9 cm³/mol. The smallest absolute Gasteiger partial charge is 0.220 e. The molecular formula is C15H22N2O2. The molecule has 1 aliphatic heterocycles. The molecule has 1 aromatic rings. The van der Waals surface area contributed by atoms with Crippen molar-refractivity contribution in [1.29, 1.82) is 0 Å². The second kappa shape index (κ2) is 6.57. The van der Waals surface area contributed by atoms with E-state index in [-0.39, 0.29) is 11.8 Å². The summed E-state index contributed by atoms with van der Waals surface area (Å²) in [6.45, 7) is 3.91. The fourth-order valence-corrected chi connectivity index (χ4v) is 2.20. The van der Waals surface area contributed by atoms with E-state index in [1.165, 1.54) is 5.56 Å². The number of carbonyl (C=O) groups is 1. The maximum absolute atomic E-state index is 11.7. The minimum Gasteiger partial charge on any atom is -0.493 e. The Morgan fingerprint density at radius 1 is 1.53 bits per heavy atom. The van der Waals surface area contributed by atoms with E-state index in [4.69, 9.17) is 10.5 Å². The van der Waals surface area contributed by atoms with Crippen molar-refractivity contribution in [3.8, 4) is 5.75 Å². The summed E-state index contributed by atoms with van der Waals surface area (Å²) in [5.41, 5.74) is 7.88. The van der Waals surface area contributed by atoms with Gasteiger partial charge in [-0.25, -0.2) is 0 Å². The quantitative estimate of drug-likeness (QED) is 0.847. The molecule has 4 nitrogen and oxygen atoms in total. The fraction of sp³-hybridized carbons (Fsp3) is 0.533. The maximum atomic E-state index is 11.7. The van der Waals surface area contributed by atoms with Crippen LogP contribution in [0.4, 0.5) is 0 Å². The van der Waals surface area contributed by atoms with Gasteiger partial charge in [-0.05, 0) is 42.5 Å². The number of ether oxygens (including phenoxy) is 1. The van der Waals surface area contributed by atoms with Gasteiger partial charge in [0, 0.05) is 13.0 Å². The Labute approximate surface area is 114 Å². The van der Waals surface area contributed by atoms with E-state index in [9.17, 15) is 4.79 Å². The standard InChI is InChI=1S/C15H22N2O2/c1-11(9-16)7-15(18)17-10-12-4-5-14-13(8-12)3-2-6-19-14/h4-5,8,11H,2-3,6-7,9-10,16H2,1H3,(H,17,18). The van der Waals surface area contributed by atoms with Gasteiger partial charge in [-0.2, -0.15) is 0 Å². The summed E-state index contributed by atoms with van der Waals surface area (Å²) in [4.78, 5) is 11.7. The highest BCUT2D eigenvalue weighted by Gasteiger charge is 2.11. The van der Waals surface area contributed by atoms with Gasteiger partial charge in [0.1, 0.15) is 5.75 Å².